The standard InChI is InChI=1S/C21H18N2/c1-16(17-10-4-2-5-11-17)23-20-15-9-8-14-19(20)22-21(23)18-12-6-3-7-13-18/h2-16H,1H3. The number of para-hydroxylation sites is 2. The molecule has 112 valence electrons. The fraction of sp³-hybridized carbons (Fsp3) is 0.0952. The smallest absolute Gasteiger partial charge is 0.141 e. The minimum absolute atomic E-state index is 0.221. The third-order valence-electron chi connectivity index (χ3n) is 4.30. The topological polar surface area (TPSA) is 17.8 Å². The van der Waals surface area contributed by atoms with Gasteiger partial charge in [0.05, 0.1) is 17.1 Å². The summed E-state index contributed by atoms with van der Waals surface area (Å²) in [6.07, 6.45) is 0. The van der Waals surface area contributed by atoms with Crippen LogP contribution in [-0.4, -0.2) is 9.55 Å². The Hall–Kier alpha value is -2.87. The first-order chi connectivity index (χ1) is 11.3. The van der Waals surface area contributed by atoms with E-state index in [1.54, 1.807) is 0 Å². The first-order valence-electron chi connectivity index (χ1n) is 7.92. The van der Waals surface area contributed by atoms with Crippen LogP contribution >= 0.6 is 0 Å². The Kier molecular flexibility index (Phi) is 3.43. The quantitative estimate of drug-likeness (QED) is 0.501. The van der Waals surface area contributed by atoms with Gasteiger partial charge >= 0.3 is 0 Å². The molecule has 1 unspecified atom stereocenters. The largest absolute Gasteiger partial charge is 0.317 e. The van der Waals surface area contributed by atoms with E-state index < -0.39 is 0 Å². The highest BCUT2D eigenvalue weighted by Gasteiger charge is 2.17. The van der Waals surface area contributed by atoms with Crippen molar-refractivity contribution in [3.8, 4) is 11.4 Å². The number of fused-ring (bicyclic) bond motifs is 1. The first kappa shape index (κ1) is 13.8. The predicted octanol–water partition coefficient (Wildman–Crippen LogP) is 5.31. The van der Waals surface area contributed by atoms with Crippen molar-refractivity contribution < 1.29 is 0 Å². The number of aromatic nitrogens is 2. The van der Waals surface area contributed by atoms with Crippen LogP contribution < -0.4 is 0 Å². The maximum absolute atomic E-state index is 4.89. The number of rotatable bonds is 3. The van der Waals surface area contributed by atoms with Gasteiger partial charge < -0.3 is 4.57 Å². The van der Waals surface area contributed by atoms with Gasteiger partial charge in [-0.3, -0.25) is 0 Å². The van der Waals surface area contributed by atoms with E-state index >= 15 is 0 Å². The summed E-state index contributed by atoms with van der Waals surface area (Å²) in [5, 5.41) is 0. The predicted molar refractivity (Wildman–Crippen MR) is 95.4 cm³/mol. The Morgan fingerprint density at radius 1 is 0.739 bits per heavy atom. The Balaban J connectivity index is 1.97. The molecule has 1 atom stereocenters. The zero-order valence-electron chi connectivity index (χ0n) is 13.1. The summed E-state index contributed by atoms with van der Waals surface area (Å²) in [6.45, 7) is 2.23. The summed E-state index contributed by atoms with van der Waals surface area (Å²) in [5.74, 6) is 1.02. The van der Waals surface area contributed by atoms with Crippen molar-refractivity contribution in [3.63, 3.8) is 0 Å². The van der Waals surface area contributed by atoms with Crippen molar-refractivity contribution in [2.75, 3.05) is 0 Å². The van der Waals surface area contributed by atoms with Gasteiger partial charge in [-0.2, -0.15) is 0 Å². The molecule has 2 nitrogen and oxygen atoms in total. The molecule has 23 heavy (non-hydrogen) atoms. The second-order valence-corrected chi connectivity index (χ2v) is 5.75. The van der Waals surface area contributed by atoms with Gasteiger partial charge in [0.1, 0.15) is 5.82 Å². The van der Waals surface area contributed by atoms with Crippen molar-refractivity contribution in [1.82, 2.24) is 9.55 Å². The zero-order chi connectivity index (χ0) is 15.6. The van der Waals surface area contributed by atoms with Gasteiger partial charge in [-0.1, -0.05) is 72.8 Å². The molecule has 1 heterocycles. The second-order valence-electron chi connectivity index (χ2n) is 5.75. The van der Waals surface area contributed by atoms with Gasteiger partial charge in [0.25, 0.3) is 0 Å². The van der Waals surface area contributed by atoms with E-state index in [4.69, 9.17) is 4.98 Å². The third kappa shape index (κ3) is 2.42. The van der Waals surface area contributed by atoms with Crippen LogP contribution in [0.25, 0.3) is 22.4 Å². The average molecular weight is 298 g/mol. The Labute approximate surface area is 136 Å². The van der Waals surface area contributed by atoms with Gasteiger partial charge in [0, 0.05) is 5.56 Å². The maximum atomic E-state index is 4.89. The van der Waals surface area contributed by atoms with E-state index in [1.165, 1.54) is 11.1 Å². The van der Waals surface area contributed by atoms with Crippen LogP contribution in [0.2, 0.25) is 0 Å². The van der Waals surface area contributed by atoms with Crippen molar-refractivity contribution in [3.05, 3.63) is 90.5 Å². The van der Waals surface area contributed by atoms with Crippen LogP contribution in [0.4, 0.5) is 0 Å². The summed E-state index contributed by atoms with van der Waals surface area (Å²) in [5.41, 5.74) is 4.64. The van der Waals surface area contributed by atoms with E-state index in [0.29, 0.717) is 0 Å². The van der Waals surface area contributed by atoms with Crippen LogP contribution in [0.5, 0.6) is 0 Å². The van der Waals surface area contributed by atoms with Crippen LogP contribution in [0, 0.1) is 0 Å². The summed E-state index contributed by atoms with van der Waals surface area (Å²) in [7, 11) is 0. The summed E-state index contributed by atoms with van der Waals surface area (Å²) >= 11 is 0. The SMILES string of the molecule is CC(c1ccccc1)n1c(-c2ccccc2)nc2ccccc21. The molecule has 0 bridgehead atoms. The summed E-state index contributed by atoms with van der Waals surface area (Å²) in [6, 6.07) is 29.6. The highest BCUT2D eigenvalue weighted by Crippen LogP contribution is 2.31. The minimum Gasteiger partial charge on any atom is -0.317 e. The average Bonchev–Trinajstić information content (AvgIpc) is 3.02. The summed E-state index contributed by atoms with van der Waals surface area (Å²) < 4.78 is 2.33. The monoisotopic (exact) mass is 298 g/mol. The van der Waals surface area contributed by atoms with Gasteiger partial charge in [0.15, 0.2) is 0 Å². The second kappa shape index (κ2) is 5.73. The lowest BCUT2D eigenvalue weighted by molar-refractivity contribution is 0.665. The molecule has 4 rings (SSSR count). The molecule has 0 radical (unpaired) electrons. The molecule has 0 N–H and O–H groups in total. The first-order valence-corrected chi connectivity index (χ1v) is 7.92. The summed E-state index contributed by atoms with van der Waals surface area (Å²) in [4.78, 5) is 4.89. The van der Waals surface area contributed by atoms with Crippen molar-refractivity contribution in [1.29, 1.82) is 0 Å². The molecule has 0 aliphatic heterocycles. The molecule has 0 saturated heterocycles. The fourth-order valence-corrected chi connectivity index (χ4v) is 3.11. The molecule has 0 amide bonds. The molecular formula is C21H18N2. The van der Waals surface area contributed by atoms with Crippen LogP contribution in [0.3, 0.4) is 0 Å². The molecule has 0 saturated carbocycles. The Morgan fingerprint density at radius 2 is 1.35 bits per heavy atom. The van der Waals surface area contributed by atoms with Crippen molar-refractivity contribution >= 4 is 11.0 Å². The number of benzene rings is 3. The van der Waals surface area contributed by atoms with E-state index in [2.05, 4.69) is 84.3 Å². The fourth-order valence-electron chi connectivity index (χ4n) is 3.11. The molecule has 0 aliphatic rings. The van der Waals surface area contributed by atoms with Crippen LogP contribution in [0.15, 0.2) is 84.9 Å². The molecule has 2 heteroatoms. The molecule has 0 spiro atoms. The highest BCUT2D eigenvalue weighted by molar-refractivity contribution is 5.81. The Morgan fingerprint density at radius 3 is 2.09 bits per heavy atom. The normalized spacial score (nSPS) is 12.4. The maximum Gasteiger partial charge on any atom is 0.141 e. The third-order valence-corrected chi connectivity index (χ3v) is 4.30. The molecule has 0 aliphatic carbocycles. The molecule has 1 aromatic heterocycles. The lowest BCUT2D eigenvalue weighted by atomic mass is 10.1. The van der Waals surface area contributed by atoms with Gasteiger partial charge in [0.2, 0.25) is 0 Å². The highest BCUT2D eigenvalue weighted by atomic mass is 15.1. The van der Waals surface area contributed by atoms with Gasteiger partial charge in [-0.15, -0.1) is 0 Å². The Bertz CT molecular complexity index is 924. The number of nitrogens with zero attached hydrogens (tertiary/aromatic N) is 2. The molecule has 0 fully saturated rings. The number of imidazole rings is 1. The van der Waals surface area contributed by atoms with Crippen LogP contribution in [0.1, 0.15) is 18.5 Å². The molecule has 4 aromatic rings. The van der Waals surface area contributed by atoms with Crippen molar-refractivity contribution in [2.24, 2.45) is 0 Å². The lowest BCUT2D eigenvalue weighted by Crippen LogP contribution is -2.08. The van der Waals surface area contributed by atoms with E-state index in [-0.39, 0.29) is 6.04 Å². The van der Waals surface area contributed by atoms with Crippen molar-refractivity contribution in [2.45, 2.75) is 13.0 Å². The lowest BCUT2D eigenvalue weighted by Gasteiger charge is -2.18. The number of hydrogen-bond acceptors (Lipinski definition) is 1. The zero-order valence-corrected chi connectivity index (χ0v) is 13.1. The molecule has 3 aromatic carbocycles. The van der Waals surface area contributed by atoms with E-state index in [9.17, 15) is 0 Å². The van der Waals surface area contributed by atoms with E-state index in [1.807, 2.05) is 12.1 Å². The van der Waals surface area contributed by atoms with Gasteiger partial charge in [-0.25, -0.2) is 4.98 Å². The van der Waals surface area contributed by atoms with E-state index in [0.717, 1.165) is 16.9 Å². The molecular weight excluding hydrogens is 280 g/mol. The number of hydrogen-bond donors (Lipinski definition) is 0. The van der Waals surface area contributed by atoms with Gasteiger partial charge in [-0.05, 0) is 24.6 Å². The van der Waals surface area contributed by atoms with Crippen LogP contribution in [-0.2, 0) is 0 Å². The minimum atomic E-state index is 0.221.